The lowest BCUT2D eigenvalue weighted by molar-refractivity contribution is -0.137. The zero-order valence-electron chi connectivity index (χ0n) is 7.79. The Morgan fingerprint density at radius 3 is 2.60 bits per heavy atom. The van der Waals surface area contributed by atoms with E-state index in [2.05, 4.69) is 15.2 Å². The van der Waals surface area contributed by atoms with Crippen LogP contribution in [0, 0.1) is 0 Å². The van der Waals surface area contributed by atoms with Gasteiger partial charge in [0.1, 0.15) is 18.1 Å². The molecule has 1 aromatic carbocycles. The van der Waals surface area contributed by atoms with Crippen molar-refractivity contribution in [3.63, 3.8) is 0 Å². The topological polar surface area (TPSA) is 78.9 Å². The molecule has 0 aliphatic carbocycles. The maximum Gasteiger partial charge on any atom is 0.318 e. The molecule has 76 valence electrons. The summed E-state index contributed by atoms with van der Waals surface area (Å²) in [6.07, 6.45) is 1.30. The fraction of sp³-hybridized carbons (Fsp3) is 0.100. The van der Waals surface area contributed by atoms with Gasteiger partial charge in [0.05, 0.1) is 0 Å². The van der Waals surface area contributed by atoms with Crippen molar-refractivity contribution >= 4 is 5.97 Å². The van der Waals surface area contributed by atoms with Crippen molar-refractivity contribution < 1.29 is 9.90 Å². The molecular weight excluding hydrogens is 194 g/mol. The first-order chi connectivity index (χ1) is 7.29. The summed E-state index contributed by atoms with van der Waals surface area (Å²) >= 11 is 0. The van der Waals surface area contributed by atoms with Crippen LogP contribution in [0.4, 0.5) is 0 Å². The van der Waals surface area contributed by atoms with Crippen molar-refractivity contribution in [2.24, 2.45) is 0 Å². The predicted molar refractivity (Wildman–Crippen MR) is 52.3 cm³/mol. The van der Waals surface area contributed by atoms with Gasteiger partial charge in [0, 0.05) is 0 Å². The Morgan fingerprint density at radius 1 is 1.33 bits per heavy atom. The number of H-pyrrole nitrogens is 1. The molecule has 0 saturated carbocycles. The third-order valence-electron chi connectivity index (χ3n) is 2.09. The Bertz CT molecular complexity index is 439. The van der Waals surface area contributed by atoms with E-state index in [9.17, 15) is 4.79 Å². The molecule has 2 N–H and O–H groups in total. The maximum absolute atomic E-state index is 11.1. The van der Waals surface area contributed by atoms with E-state index in [1.165, 1.54) is 6.33 Å². The second-order valence-corrected chi connectivity index (χ2v) is 3.05. The lowest BCUT2D eigenvalue weighted by atomic mass is 9.99. The first-order valence-corrected chi connectivity index (χ1v) is 4.42. The first kappa shape index (κ1) is 9.39. The Kier molecular flexibility index (Phi) is 2.45. The monoisotopic (exact) mass is 203 g/mol. The average molecular weight is 203 g/mol. The molecule has 1 unspecified atom stereocenters. The second-order valence-electron chi connectivity index (χ2n) is 3.05. The summed E-state index contributed by atoms with van der Waals surface area (Å²) in [6.45, 7) is 0. The minimum Gasteiger partial charge on any atom is -0.480 e. The van der Waals surface area contributed by atoms with Crippen LogP contribution in [0.1, 0.15) is 17.3 Å². The number of carbonyl (C=O) groups is 1. The molecule has 2 rings (SSSR count). The molecule has 0 radical (unpaired) electrons. The van der Waals surface area contributed by atoms with Crippen LogP contribution in [0.2, 0.25) is 0 Å². The Hall–Kier alpha value is -2.17. The molecule has 0 bridgehead atoms. The van der Waals surface area contributed by atoms with Crippen molar-refractivity contribution in [3.05, 3.63) is 48.0 Å². The van der Waals surface area contributed by atoms with Gasteiger partial charge in [-0.15, -0.1) is 0 Å². The quantitative estimate of drug-likeness (QED) is 0.780. The van der Waals surface area contributed by atoms with Gasteiger partial charge in [0.2, 0.25) is 0 Å². The Labute approximate surface area is 85.8 Å². The molecule has 0 amide bonds. The Balaban J connectivity index is 2.42. The Morgan fingerprint density at radius 2 is 2.07 bits per heavy atom. The molecule has 5 heteroatoms. The smallest absolute Gasteiger partial charge is 0.318 e. The van der Waals surface area contributed by atoms with Crippen molar-refractivity contribution in [2.45, 2.75) is 5.92 Å². The highest BCUT2D eigenvalue weighted by atomic mass is 16.4. The number of carboxylic acid groups (broad SMARTS) is 1. The first-order valence-electron chi connectivity index (χ1n) is 4.42. The minimum absolute atomic E-state index is 0.341. The van der Waals surface area contributed by atoms with Gasteiger partial charge in [-0.1, -0.05) is 30.3 Å². The second kappa shape index (κ2) is 3.91. The molecule has 2 aromatic rings. The number of aliphatic carboxylic acids is 1. The molecule has 1 atom stereocenters. The lowest BCUT2D eigenvalue weighted by Crippen LogP contribution is -2.14. The molecule has 0 saturated heterocycles. The highest BCUT2D eigenvalue weighted by Gasteiger charge is 2.24. The molecular formula is C10H9N3O2. The predicted octanol–water partition coefficient (Wildman–Crippen LogP) is 1.02. The van der Waals surface area contributed by atoms with Crippen LogP contribution >= 0.6 is 0 Å². The molecule has 0 aliphatic rings. The number of hydrogen-bond donors (Lipinski definition) is 2. The third kappa shape index (κ3) is 1.85. The minimum atomic E-state index is -0.946. The van der Waals surface area contributed by atoms with Gasteiger partial charge >= 0.3 is 5.97 Å². The number of aromatic amines is 1. The molecule has 0 aliphatic heterocycles. The van der Waals surface area contributed by atoms with Crippen molar-refractivity contribution in [1.82, 2.24) is 15.2 Å². The lowest BCUT2D eigenvalue weighted by Gasteiger charge is -2.08. The van der Waals surface area contributed by atoms with Gasteiger partial charge in [-0.05, 0) is 5.56 Å². The number of carboxylic acids is 1. The average Bonchev–Trinajstić information content (AvgIpc) is 2.72. The van der Waals surface area contributed by atoms with E-state index >= 15 is 0 Å². The van der Waals surface area contributed by atoms with Crippen LogP contribution < -0.4 is 0 Å². The third-order valence-corrected chi connectivity index (χ3v) is 2.09. The normalized spacial score (nSPS) is 12.3. The molecule has 0 spiro atoms. The number of rotatable bonds is 3. The van der Waals surface area contributed by atoms with Crippen LogP contribution in [0.25, 0.3) is 0 Å². The summed E-state index contributed by atoms with van der Waals surface area (Å²) in [5, 5.41) is 15.3. The van der Waals surface area contributed by atoms with Gasteiger partial charge < -0.3 is 5.11 Å². The van der Waals surface area contributed by atoms with Crippen molar-refractivity contribution in [2.75, 3.05) is 0 Å². The number of nitrogens with zero attached hydrogens (tertiary/aromatic N) is 2. The van der Waals surface area contributed by atoms with Gasteiger partial charge in [-0.25, -0.2) is 4.98 Å². The zero-order valence-corrected chi connectivity index (χ0v) is 7.79. The SMILES string of the molecule is O=C(O)C(c1ccccc1)c1ncn[nH]1. The van der Waals surface area contributed by atoms with E-state index in [1.807, 2.05) is 6.07 Å². The molecule has 1 aromatic heterocycles. The van der Waals surface area contributed by atoms with Crippen LogP contribution in [0.3, 0.4) is 0 Å². The maximum atomic E-state index is 11.1. The summed E-state index contributed by atoms with van der Waals surface area (Å²) in [6, 6.07) is 8.93. The van der Waals surface area contributed by atoms with Gasteiger partial charge in [-0.3, -0.25) is 9.89 Å². The van der Waals surface area contributed by atoms with E-state index in [-0.39, 0.29) is 0 Å². The summed E-state index contributed by atoms with van der Waals surface area (Å²) < 4.78 is 0. The van der Waals surface area contributed by atoms with Crippen molar-refractivity contribution in [3.8, 4) is 0 Å². The fourth-order valence-electron chi connectivity index (χ4n) is 1.42. The van der Waals surface area contributed by atoms with Crippen molar-refractivity contribution in [1.29, 1.82) is 0 Å². The molecule has 1 heterocycles. The van der Waals surface area contributed by atoms with Crippen LogP contribution in [-0.2, 0) is 4.79 Å². The number of aromatic nitrogens is 3. The van der Waals surface area contributed by atoms with E-state index in [0.717, 1.165) is 0 Å². The summed E-state index contributed by atoms with van der Waals surface area (Å²) in [5.74, 6) is -1.39. The standard InChI is InChI=1S/C10H9N3O2/c14-10(15)8(9-11-6-12-13-9)7-4-2-1-3-5-7/h1-6,8H,(H,14,15)(H,11,12,13). The van der Waals surface area contributed by atoms with Gasteiger partial charge in [0.25, 0.3) is 0 Å². The van der Waals surface area contributed by atoms with Crippen LogP contribution in [0.15, 0.2) is 36.7 Å². The van der Waals surface area contributed by atoms with Crippen LogP contribution in [0.5, 0.6) is 0 Å². The van der Waals surface area contributed by atoms with E-state index < -0.39 is 11.9 Å². The summed E-state index contributed by atoms with van der Waals surface area (Å²) in [7, 11) is 0. The number of nitrogens with one attached hydrogen (secondary N) is 1. The largest absolute Gasteiger partial charge is 0.480 e. The highest BCUT2D eigenvalue weighted by molar-refractivity contribution is 5.79. The summed E-state index contributed by atoms with van der Waals surface area (Å²) in [4.78, 5) is 15.0. The fourth-order valence-corrected chi connectivity index (χ4v) is 1.42. The zero-order chi connectivity index (χ0) is 10.7. The molecule has 0 fully saturated rings. The van der Waals surface area contributed by atoms with Gasteiger partial charge in [0.15, 0.2) is 0 Å². The van der Waals surface area contributed by atoms with Gasteiger partial charge in [-0.2, -0.15) is 5.10 Å². The van der Waals surface area contributed by atoms with E-state index in [4.69, 9.17) is 5.11 Å². The number of benzene rings is 1. The van der Waals surface area contributed by atoms with E-state index in [0.29, 0.717) is 11.4 Å². The van der Waals surface area contributed by atoms with E-state index in [1.54, 1.807) is 24.3 Å². The molecule has 5 nitrogen and oxygen atoms in total. The number of hydrogen-bond acceptors (Lipinski definition) is 3. The highest BCUT2D eigenvalue weighted by Crippen LogP contribution is 2.20. The summed E-state index contributed by atoms with van der Waals surface area (Å²) in [5.41, 5.74) is 0.682. The van der Waals surface area contributed by atoms with Crippen LogP contribution in [-0.4, -0.2) is 26.3 Å². The molecule has 15 heavy (non-hydrogen) atoms.